The monoisotopic (exact) mass is 344 g/mol. The Morgan fingerprint density at radius 3 is 2.32 bits per heavy atom. The third kappa shape index (κ3) is 4.57. The fraction of sp³-hybridized carbons (Fsp3) is 0.800. The summed E-state index contributed by atoms with van der Waals surface area (Å²) in [5.74, 6) is 0.868. The molecule has 0 N–H and O–H groups in total. The van der Waals surface area contributed by atoms with Gasteiger partial charge in [0.05, 0.1) is 0 Å². The van der Waals surface area contributed by atoms with Crippen molar-refractivity contribution in [2.24, 2.45) is 0 Å². The summed E-state index contributed by atoms with van der Waals surface area (Å²) in [6.45, 7) is 6.88. The van der Waals surface area contributed by atoms with Crippen LogP contribution in [0.5, 0.6) is 0 Å². The zero-order valence-electron chi connectivity index (χ0n) is 15.4. The molecule has 1 aromatic rings. The fourth-order valence-electron chi connectivity index (χ4n) is 4.54. The first kappa shape index (κ1) is 17.4. The molecule has 0 spiro atoms. The predicted molar refractivity (Wildman–Crippen MR) is 98.3 cm³/mol. The molecule has 0 amide bonds. The van der Waals surface area contributed by atoms with Gasteiger partial charge in [-0.1, -0.05) is 6.42 Å². The average molecular weight is 345 g/mol. The van der Waals surface area contributed by atoms with Crippen molar-refractivity contribution < 1.29 is 4.74 Å². The van der Waals surface area contributed by atoms with E-state index in [1.54, 1.807) is 0 Å². The Morgan fingerprint density at radius 1 is 0.880 bits per heavy atom. The number of aromatic nitrogens is 2. The number of ether oxygens (including phenoxy) is 1. The van der Waals surface area contributed by atoms with Gasteiger partial charge in [-0.15, -0.1) is 0 Å². The van der Waals surface area contributed by atoms with Crippen molar-refractivity contribution in [2.75, 3.05) is 32.8 Å². The third-order valence-corrected chi connectivity index (χ3v) is 6.06. The lowest BCUT2D eigenvalue weighted by Gasteiger charge is -2.40. The van der Waals surface area contributed by atoms with Crippen molar-refractivity contribution in [3.8, 4) is 0 Å². The van der Waals surface area contributed by atoms with Crippen LogP contribution in [0.3, 0.4) is 0 Å². The maximum Gasteiger partial charge on any atom is 0.157 e. The number of hydrogen-bond acceptors (Lipinski definition) is 5. The fourth-order valence-corrected chi connectivity index (χ4v) is 4.54. The minimum Gasteiger partial charge on any atom is -0.370 e. The standard InChI is InChI=1S/C20H32N4O/c1-3-9-24(10-4-1)18-7-11-23(12-8-18)16-17-14-21-20(22-15-17)19-6-2-5-13-25-19/h14-15,18-19H,1-13,16H2/t19-/m1/s1. The molecule has 5 heteroatoms. The van der Waals surface area contributed by atoms with Crippen LogP contribution in [0.15, 0.2) is 12.4 Å². The Morgan fingerprint density at radius 2 is 1.64 bits per heavy atom. The van der Waals surface area contributed by atoms with Gasteiger partial charge in [0.1, 0.15) is 6.10 Å². The SMILES string of the molecule is c1nc([C@H]2CCCCO2)ncc1CN1CCC(N2CCCCC2)CC1. The van der Waals surface area contributed by atoms with Crippen molar-refractivity contribution in [2.45, 2.75) is 70.1 Å². The van der Waals surface area contributed by atoms with E-state index in [1.807, 2.05) is 12.4 Å². The van der Waals surface area contributed by atoms with Crippen LogP contribution in [0.1, 0.15) is 68.9 Å². The summed E-state index contributed by atoms with van der Waals surface area (Å²) in [7, 11) is 0. The van der Waals surface area contributed by atoms with Crippen LogP contribution < -0.4 is 0 Å². The van der Waals surface area contributed by atoms with Crippen LogP contribution in [0.2, 0.25) is 0 Å². The van der Waals surface area contributed by atoms with Crippen LogP contribution in [0.25, 0.3) is 0 Å². The summed E-state index contributed by atoms with van der Waals surface area (Å²) in [4.78, 5) is 14.5. The molecule has 3 aliphatic rings. The first-order valence-electron chi connectivity index (χ1n) is 10.3. The minimum absolute atomic E-state index is 0.114. The summed E-state index contributed by atoms with van der Waals surface area (Å²) in [6, 6.07) is 0.818. The van der Waals surface area contributed by atoms with Crippen LogP contribution in [0.4, 0.5) is 0 Å². The molecule has 5 nitrogen and oxygen atoms in total. The second kappa shape index (κ2) is 8.56. The Kier molecular flexibility index (Phi) is 5.95. The molecule has 0 radical (unpaired) electrons. The van der Waals surface area contributed by atoms with E-state index in [4.69, 9.17) is 4.74 Å². The highest BCUT2D eigenvalue weighted by molar-refractivity contribution is 5.07. The first-order valence-corrected chi connectivity index (χ1v) is 10.3. The molecule has 1 atom stereocenters. The molecule has 4 heterocycles. The van der Waals surface area contributed by atoms with Crippen LogP contribution in [-0.2, 0) is 11.3 Å². The van der Waals surface area contributed by atoms with Crippen molar-refractivity contribution in [3.63, 3.8) is 0 Å². The number of rotatable bonds is 4. The average Bonchev–Trinajstić information content (AvgIpc) is 2.71. The Balaban J connectivity index is 1.25. The van der Waals surface area contributed by atoms with Gasteiger partial charge in [0.15, 0.2) is 5.82 Å². The lowest BCUT2D eigenvalue weighted by atomic mass is 9.99. The van der Waals surface area contributed by atoms with Gasteiger partial charge in [-0.2, -0.15) is 0 Å². The lowest BCUT2D eigenvalue weighted by Crippen LogP contribution is -2.46. The summed E-state index contributed by atoms with van der Waals surface area (Å²) >= 11 is 0. The highest BCUT2D eigenvalue weighted by atomic mass is 16.5. The van der Waals surface area contributed by atoms with E-state index in [0.717, 1.165) is 31.4 Å². The Labute approximate surface area is 151 Å². The van der Waals surface area contributed by atoms with Gasteiger partial charge in [0.25, 0.3) is 0 Å². The maximum absolute atomic E-state index is 5.78. The number of hydrogen-bond donors (Lipinski definition) is 0. The van der Waals surface area contributed by atoms with Crippen molar-refractivity contribution >= 4 is 0 Å². The van der Waals surface area contributed by atoms with Crippen molar-refractivity contribution in [3.05, 3.63) is 23.8 Å². The van der Waals surface area contributed by atoms with Gasteiger partial charge in [0.2, 0.25) is 0 Å². The molecule has 138 valence electrons. The van der Waals surface area contributed by atoms with Gasteiger partial charge in [0, 0.05) is 37.2 Å². The molecule has 0 aliphatic carbocycles. The van der Waals surface area contributed by atoms with Crippen LogP contribution >= 0.6 is 0 Å². The number of piperidine rings is 2. The molecular formula is C20H32N4O. The van der Waals surface area contributed by atoms with Crippen molar-refractivity contribution in [1.82, 2.24) is 19.8 Å². The Hall–Kier alpha value is -1.04. The van der Waals surface area contributed by atoms with Crippen molar-refractivity contribution in [1.29, 1.82) is 0 Å². The van der Waals surface area contributed by atoms with Gasteiger partial charge in [-0.25, -0.2) is 9.97 Å². The summed E-state index contributed by atoms with van der Waals surface area (Å²) in [6.07, 6.45) is 14.4. The van der Waals surface area contributed by atoms with E-state index in [9.17, 15) is 0 Å². The van der Waals surface area contributed by atoms with Gasteiger partial charge >= 0.3 is 0 Å². The molecule has 3 saturated heterocycles. The first-order chi connectivity index (χ1) is 12.4. The van der Waals surface area contributed by atoms with Gasteiger partial charge in [-0.3, -0.25) is 4.90 Å². The normalized spacial score (nSPS) is 27.4. The zero-order valence-corrected chi connectivity index (χ0v) is 15.4. The molecule has 0 bridgehead atoms. The summed E-state index contributed by atoms with van der Waals surface area (Å²) in [5.41, 5.74) is 1.23. The van der Waals surface area contributed by atoms with Gasteiger partial charge < -0.3 is 9.64 Å². The second-order valence-electron chi connectivity index (χ2n) is 7.91. The number of likely N-dealkylation sites (tertiary alicyclic amines) is 2. The van der Waals surface area contributed by atoms with E-state index in [2.05, 4.69) is 19.8 Å². The molecule has 1 aromatic heterocycles. The molecule has 3 fully saturated rings. The predicted octanol–water partition coefficient (Wildman–Crippen LogP) is 3.17. The number of nitrogens with zero attached hydrogens (tertiary/aromatic N) is 4. The topological polar surface area (TPSA) is 41.5 Å². The molecule has 0 saturated carbocycles. The van der Waals surface area contributed by atoms with Crippen LogP contribution in [0, 0.1) is 0 Å². The highest BCUT2D eigenvalue weighted by Gasteiger charge is 2.25. The molecule has 0 unspecified atom stereocenters. The quantitative estimate of drug-likeness (QED) is 0.839. The summed E-state index contributed by atoms with van der Waals surface area (Å²) in [5, 5.41) is 0. The van der Waals surface area contributed by atoms with E-state index < -0.39 is 0 Å². The van der Waals surface area contributed by atoms with Gasteiger partial charge in [-0.05, 0) is 71.1 Å². The molecular weight excluding hydrogens is 312 g/mol. The van der Waals surface area contributed by atoms with E-state index in [0.29, 0.717) is 0 Å². The van der Waals surface area contributed by atoms with E-state index >= 15 is 0 Å². The minimum atomic E-state index is 0.114. The van der Waals surface area contributed by atoms with Crippen LogP contribution in [-0.4, -0.2) is 58.6 Å². The summed E-state index contributed by atoms with van der Waals surface area (Å²) < 4.78 is 5.78. The second-order valence-corrected chi connectivity index (χ2v) is 7.91. The largest absolute Gasteiger partial charge is 0.370 e. The van der Waals surface area contributed by atoms with E-state index in [-0.39, 0.29) is 6.10 Å². The molecule has 0 aromatic carbocycles. The highest BCUT2D eigenvalue weighted by Crippen LogP contribution is 2.25. The molecule has 4 rings (SSSR count). The van der Waals surface area contributed by atoms with E-state index in [1.165, 1.54) is 76.7 Å². The maximum atomic E-state index is 5.78. The smallest absolute Gasteiger partial charge is 0.157 e. The molecule has 25 heavy (non-hydrogen) atoms. The Bertz CT molecular complexity index is 515. The third-order valence-electron chi connectivity index (χ3n) is 6.06. The molecule has 3 aliphatic heterocycles. The lowest BCUT2D eigenvalue weighted by molar-refractivity contribution is 0.00937. The zero-order chi connectivity index (χ0) is 16.9.